The number of benzene rings is 1. The summed E-state index contributed by atoms with van der Waals surface area (Å²) in [7, 11) is 0. The van der Waals surface area contributed by atoms with Crippen LogP contribution in [0.3, 0.4) is 0 Å². The van der Waals surface area contributed by atoms with Crippen LogP contribution < -0.4 is 5.32 Å². The topological polar surface area (TPSA) is 75.9 Å². The molecule has 8 heteroatoms. The van der Waals surface area contributed by atoms with Gasteiger partial charge in [-0.15, -0.1) is 5.10 Å². The van der Waals surface area contributed by atoms with Gasteiger partial charge in [0.15, 0.2) is 0 Å². The van der Waals surface area contributed by atoms with Gasteiger partial charge in [-0.3, -0.25) is 0 Å². The van der Waals surface area contributed by atoms with E-state index in [0.29, 0.717) is 0 Å². The zero-order valence-corrected chi connectivity index (χ0v) is 10.8. The fourth-order valence-electron chi connectivity index (χ4n) is 1.72. The lowest BCUT2D eigenvalue weighted by atomic mass is 10.1. The molecular formula is C12H15F2N5O. The fourth-order valence-corrected chi connectivity index (χ4v) is 1.72. The summed E-state index contributed by atoms with van der Waals surface area (Å²) in [6.07, 6.45) is -2.94. The van der Waals surface area contributed by atoms with Crippen LogP contribution in [0.1, 0.15) is 18.5 Å². The van der Waals surface area contributed by atoms with E-state index in [1.165, 1.54) is 11.0 Å². The second kappa shape index (κ2) is 6.49. The molecule has 2 N–H and O–H groups in total. The Hall–Kier alpha value is -1.93. The summed E-state index contributed by atoms with van der Waals surface area (Å²) in [5, 5.41) is 22.8. The summed E-state index contributed by atoms with van der Waals surface area (Å²) in [5.41, 5.74) is 1.66. The van der Waals surface area contributed by atoms with E-state index in [1.54, 1.807) is 0 Å². The number of tetrazole rings is 1. The molecule has 2 aromatic rings. The number of rotatable bonds is 6. The second-order valence-electron chi connectivity index (χ2n) is 4.38. The minimum Gasteiger partial charge on any atom is -0.386 e. The number of nitrogens with zero attached hydrogens (tertiary/aromatic N) is 4. The normalized spacial score (nSPS) is 14.4. The Morgan fingerprint density at radius 1 is 1.40 bits per heavy atom. The second-order valence-corrected chi connectivity index (χ2v) is 4.38. The van der Waals surface area contributed by atoms with E-state index in [9.17, 15) is 8.78 Å². The number of alkyl halides is 2. The minimum absolute atomic E-state index is 0.173. The number of halogens is 2. The Bertz CT molecular complexity index is 534. The molecule has 20 heavy (non-hydrogen) atoms. The van der Waals surface area contributed by atoms with Crippen LogP contribution in [0.5, 0.6) is 0 Å². The number of aliphatic hydroxyl groups excluding tert-OH is 1. The molecule has 2 atom stereocenters. The van der Waals surface area contributed by atoms with Crippen LogP contribution in [0.2, 0.25) is 0 Å². The van der Waals surface area contributed by atoms with Crippen molar-refractivity contribution in [2.45, 2.75) is 25.5 Å². The van der Waals surface area contributed by atoms with Crippen LogP contribution in [-0.2, 0) is 0 Å². The van der Waals surface area contributed by atoms with Crippen molar-refractivity contribution in [3.63, 3.8) is 0 Å². The molecule has 2 rings (SSSR count). The molecule has 0 fully saturated rings. The number of nitrogens with one attached hydrogen (secondary N) is 1. The zero-order chi connectivity index (χ0) is 14.5. The van der Waals surface area contributed by atoms with Crippen molar-refractivity contribution in [1.29, 1.82) is 0 Å². The summed E-state index contributed by atoms with van der Waals surface area (Å²) in [5.74, 6) is 0. The molecule has 108 valence electrons. The molecule has 0 amide bonds. The predicted molar refractivity (Wildman–Crippen MR) is 67.6 cm³/mol. The van der Waals surface area contributed by atoms with Gasteiger partial charge in [0.1, 0.15) is 12.4 Å². The zero-order valence-electron chi connectivity index (χ0n) is 10.8. The number of aromatic nitrogens is 4. The molecule has 0 saturated heterocycles. The van der Waals surface area contributed by atoms with Crippen LogP contribution >= 0.6 is 0 Å². The monoisotopic (exact) mass is 283 g/mol. The van der Waals surface area contributed by atoms with Crippen molar-refractivity contribution in [1.82, 2.24) is 25.5 Å². The van der Waals surface area contributed by atoms with Gasteiger partial charge < -0.3 is 10.4 Å². The smallest absolute Gasteiger partial charge is 0.265 e. The van der Waals surface area contributed by atoms with Gasteiger partial charge >= 0.3 is 0 Å². The fraction of sp³-hybridized carbons (Fsp3) is 0.417. The van der Waals surface area contributed by atoms with Crippen LogP contribution in [0.15, 0.2) is 30.6 Å². The molecule has 0 radical (unpaired) electrons. The molecule has 6 nitrogen and oxygen atoms in total. The molecule has 0 bridgehead atoms. The molecule has 0 aliphatic rings. The molecule has 1 aromatic carbocycles. The largest absolute Gasteiger partial charge is 0.386 e. The predicted octanol–water partition coefficient (Wildman–Crippen LogP) is 0.939. The summed E-state index contributed by atoms with van der Waals surface area (Å²) >= 11 is 0. The Morgan fingerprint density at radius 2 is 2.20 bits per heavy atom. The highest BCUT2D eigenvalue weighted by molar-refractivity contribution is 5.35. The van der Waals surface area contributed by atoms with Crippen LogP contribution in [0.25, 0.3) is 5.69 Å². The maximum absolute atomic E-state index is 12.2. The van der Waals surface area contributed by atoms with E-state index < -0.39 is 12.5 Å². The van der Waals surface area contributed by atoms with Crippen molar-refractivity contribution in [2.24, 2.45) is 0 Å². The van der Waals surface area contributed by atoms with E-state index in [4.69, 9.17) is 5.11 Å². The maximum atomic E-state index is 12.2. The lowest BCUT2D eigenvalue weighted by molar-refractivity contribution is -0.00439. The molecule has 2 unspecified atom stereocenters. The molecule has 0 spiro atoms. The van der Waals surface area contributed by atoms with Crippen LogP contribution in [0.4, 0.5) is 8.78 Å². The standard InChI is InChI=1S/C12H15F2N5O/c1-8(15-6-11(20)12(13)14)9-3-2-4-10(5-9)19-7-16-17-18-19/h2-5,7-8,11-12,15,20H,6H2,1H3. The highest BCUT2D eigenvalue weighted by atomic mass is 19.3. The minimum atomic E-state index is -2.75. The first-order chi connectivity index (χ1) is 9.58. The third-order valence-corrected chi connectivity index (χ3v) is 2.91. The van der Waals surface area contributed by atoms with Crippen molar-refractivity contribution < 1.29 is 13.9 Å². The van der Waals surface area contributed by atoms with Gasteiger partial charge in [-0.25, -0.2) is 13.5 Å². The molecule has 1 heterocycles. The van der Waals surface area contributed by atoms with Crippen LogP contribution in [0, 0.1) is 0 Å². The Labute approximate surface area is 114 Å². The summed E-state index contributed by atoms with van der Waals surface area (Å²) in [4.78, 5) is 0. The van der Waals surface area contributed by atoms with E-state index in [-0.39, 0.29) is 12.6 Å². The van der Waals surface area contributed by atoms with Crippen molar-refractivity contribution in [2.75, 3.05) is 6.54 Å². The highest BCUT2D eigenvalue weighted by Crippen LogP contribution is 2.16. The van der Waals surface area contributed by atoms with Gasteiger partial charge in [-0.05, 0) is 35.0 Å². The Morgan fingerprint density at radius 3 is 2.85 bits per heavy atom. The summed E-state index contributed by atoms with van der Waals surface area (Å²) < 4.78 is 25.9. The Balaban J connectivity index is 2.03. The molecule has 0 saturated carbocycles. The van der Waals surface area contributed by atoms with Crippen molar-refractivity contribution in [3.8, 4) is 5.69 Å². The van der Waals surface area contributed by atoms with Gasteiger partial charge in [0.2, 0.25) is 0 Å². The van der Waals surface area contributed by atoms with Crippen molar-refractivity contribution >= 4 is 0 Å². The Kier molecular flexibility index (Phi) is 4.70. The lowest BCUT2D eigenvalue weighted by Gasteiger charge is -2.17. The molecule has 0 aliphatic heterocycles. The van der Waals surface area contributed by atoms with Gasteiger partial charge in [-0.2, -0.15) is 0 Å². The number of aliphatic hydroxyl groups is 1. The van der Waals surface area contributed by atoms with Crippen molar-refractivity contribution in [3.05, 3.63) is 36.2 Å². The van der Waals surface area contributed by atoms with E-state index in [0.717, 1.165) is 11.3 Å². The summed E-state index contributed by atoms with van der Waals surface area (Å²) in [6.45, 7) is 1.66. The third kappa shape index (κ3) is 3.55. The number of hydrogen-bond donors (Lipinski definition) is 2. The SMILES string of the molecule is CC(NCC(O)C(F)F)c1cccc(-n2cnnn2)c1. The third-order valence-electron chi connectivity index (χ3n) is 2.91. The molecular weight excluding hydrogens is 268 g/mol. The average Bonchev–Trinajstić information content (AvgIpc) is 2.98. The van der Waals surface area contributed by atoms with Gasteiger partial charge in [0.25, 0.3) is 6.43 Å². The first kappa shape index (κ1) is 14.5. The van der Waals surface area contributed by atoms with E-state index in [1.807, 2.05) is 31.2 Å². The first-order valence-electron chi connectivity index (χ1n) is 6.11. The van der Waals surface area contributed by atoms with Gasteiger partial charge in [-0.1, -0.05) is 12.1 Å². The van der Waals surface area contributed by atoms with Gasteiger partial charge in [0, 0.05) is 12.6 Å². The maximum Gasteiger partial charge on any atom is 0.265 e. The van der Waals surface area contributed by atoms with E-state index in [2.05, 4.69) is 20.8 Å². The molecule has 1 aromatic heterocycles. The van der Waals surface area contributed by atoms with Crippen LogP contribution in [-0.4, -0.2) is 44.4 Å². The lowest BCUT2D eigenvalue weighted by Crippen LogP contribution is -2.33. The molecule has 0 aliphatic carbocycles. The quantitative estimate of drug-likeness (QED) is 0.825. The van der Waals surface area contributed by atoms with E-state index >= 15 is 0 Å². The number of hydrogen-bond acceptors (Lipinski definition) is 5. The highest BCUT2D eigenvalue weighted by Gasteiger charge is 2.17. The summed E-state index contributed by atoms with van der Waals surface area (Å²) in [6, 6.07) is 7.19. The average molecular weight is 283 g/mol. The first-order valence-corrected chi connectivity index (χ1v) is 6.11. The van der Waals surface area contributed by atoms with Gasteiger partial charge in [0.05, 0.1) is 5.69 Å².